The third kappa shape index (κ3) is 4.04. The Morgan fingerprint density at radius 3 is 2.33 bits per heavy atom. The van der Waals surface area contributed by atoms with Crippen LogP contribution < -0.4 is 4.72 Å². The van der Waals surface area contributed by atoms with Gasteiger partial charge >= 0.3 is 5.97 Å². The first-order chi connectivity index (χ1) is 8.35. The number of sulfonamides is 1. The van der Waals surface area contributed by atoms with Gasteiger partial charge in [0.2, 0.25) is 10.0 Å². The van der Waals surface area contributed by atoms with Crippen LogP contribution in [0.15, 0.2) is 23.1 Å². The molecule has 18 heavy (non-hydrogen) atoms. The molecule has 0 aliphatic heterocycles. The summed E-state index contributed by atoms with van der Waals surface area (Å²) in [6, 6.07) is 1.93. The number of carbonyl (C=O) groups excluding carboxylic acids is 1. The summed E-state index contributed by atoms with van der Waals surface area (Å²) in [6.07, 6.45) is -0.173. The van der Waals surface area contributed by atoms with Crippen molar-refractivity contribution in [2.75, 3.05) is 13.7 Å². The molecule has 0 bridgehead atoms. The molecule has 0 radical (unpaired) electrons. The number of benzene rings is 1. The van der Waals surface area contributed by atoms with Crippen molar-refractivity contribution < 1.29 is 26.7 Å². The maximum Gasteiger partial charge on any atom is 0.306 e. The van der Waals surface area contributed by atoms with Gasteiger partial charge in [-0.2, -0.15) is 0 Å². The van der Waals surface area contributed by atoms with E-state index in [-0.39, 0.29) is 13.0 Å². The van der Waals surface area contributed by atoms with Crippen molar-refractivity contribution >= 4 is 16.0 Å². The minimum Gasteiger partial charge on any atom is -0.469 e. The number of rotatable bonds is 5. The number of hydrogen-bond acceptors (Lipinski definition) is 4. The molecule has 0 saturated heterocycles. The standard InChI is InChI=1S/C10H11F2NO4S/c1-17-10(14)2-3-13-18(15,16)9-5-7(11)4-8(12)6-9/h4-6,13H,2-3H2,1H3. The zero-order valence-electron chi connectivity index (χ0n) is 9.44. The Kier molecular flexibility index (Phi) is 4.74. The number of methoxy groups -OCH3 is 1. The molecule has 0 heterocycles. The first-order valence-corrected chi connectivity index (χ1v) is 6.36. The molecule has 1 N–H and O–H groups in total. The van der Waals surface area contributed by atoms with Crippen LogP contribution in [0.25, 0.3) is 0 Å². The van der Waals surface area contributed by atoms with Crippen LogP contribution in [0, 0.1) is 11.6 Å². The lowest BCUT2D eigenvalue weighted by molar-refractivity contribution is -0.140. The van der Waals surface area contributed by atoms with E-state index in [9.17, 15) is 22.0 Å². The van der Waals surface area contributed by atoms with Gasteiger partial charge in [0, 0.05) is 12.6 Å². The first kappa shape index (κ1) is 14.5. The van der Waals surface area contributed by atoms with Crippen molar-refractivity contribution in [2.24, 2.45) is 0 Å². The van der Waals surface area contributed by atoms with Crippen molar-refractivity contribution in [1.29, 1.82) is 0 Å². The van der Waals surface area contributed by atoms with Gasteiger partial charge in [-0.05, 0) is 12.1 Å². The third-order valence-electron chi connectivity index (χ3n) is 2.00. The Bertz CT molecular complexity index is 525. The number of nitrogens with one attached hydrogen (secondary N) is 1. The summed E-state index contributed by atoms with van der Waals surface area (Å²) in [4.78, 5) is 10.2. The van der Waals surface area contributed by atoms with Crippen LogP contribution in [-0.4, -0.2) is 28.0 Å². The lowest BCUT2D eigenvalue weighted by Gasteiger charge is -2.06. The Morgan fingerprint density at radius 2 is 1.83 bits per heavy atom. The van der Waals surface area contributed by atoms with Crippen LogP contribution in [0.2, 0.25) is 0 Å². The first-order valence-electron chi connectivity index (χ1n) is 4.88. The topological polar surface area (TPSA) is 72.5 Å². The van der Waals surface area contributed by atoms with Gasteiger partial charge in [-0.1, -0.05) is 0 Å². The van der Waals surface area contributed by atoms with Crippen molar-refractivity contribution in [3.63, 3.8) is 0 Å². The maximum atomic E-state index is 12.9. The minimum atomic E-state index is -4.05. The molecule has 1 rings (SSSR count). The number of halogens is 2. The fourth-order valence-electron chi connectivity index (χ4n) is 1.16. The highest BCUT2D eigenvalue weighted by Crippen LogP contribution is 2.13. The second-order valence-electron chi connectivity index (χ2n) is 3.33. The van der Waals surface area contributed by atoms with Crippen LogP contribution in [0.3, 0.4) is 0 Å². The van der Waals surface area contributed by atoms with Gasteiger partial charge in [0.25, 0.3) is 0 Å². The number of esters is 1. The Morgan fingerprint density at radius 1 is 1.28 bits per heavy atom. The van der Waals surface area contributed by atoms with E-state index in [1.54, 1.807) is 0 Å². The monoisotopic (exact) mass is 279 g/mol. The SMILES string of the molecule is COC(=O)CCNS(=O)(=O)c1cc(F)cc(F)c1. The zero-order chi connectivity index (χ0) is 13.8. The predicted molar refractivity (Wildman–Crippen MR) is 58.2 cm³/mol. The zero-order valence-corrected chi connectivity index (χ0v) is 10.3. The number of ether oxygens (including phenoxy) is 1. The fraction of sp³-hybridized carbons (Fsp3) is 0.300. The van der Waals surface area contributed by atoms with Crippen LogP contribution in [0.5, 0.6) is 0 Å². The summed E-state index contributed by atoms with van der Waals surface area (Å²) in [5.41, 5.74) is 0. The van der Waals surface area contributed by atoms with Crippen molar-refractivity contribution in [3.8, 4) is 0 Å². The lowest BCUT2D eigenvalue weighted by atomic mass is 10.3. The molecule has 0 aromatic heterocycles. The summed E-state index contributed by atoms with van der Waals surface area (Å²) in [5, 5.41) is 0. The molecule has 1 aromatic rings. The van der Waals surface area contributed by atoms with E-state index in [1.165, 1.54) is 7.11 Å². The van der Waals surface area contributed by atoms with Gasteiger partial charge in [-0.3, -0.25) is 4.79 Å². The summed E-state index contributed by atoms with van der Waals surface area (Å²) in [7, 11) is -2.88. The smallest absolute Gasteiger partial charge is 0.306 e. The van der Waals surface area contributed by atoms with Crippen LogP contribution in [0.1, 0.15) is 6.42 Å². The maximum absolute atomic E-state index is 12.9. The van der Waals surface area contributed by atoms with Crippen LogP contribution in [0.4, 0.5) is 8.78 Å². The van der Waals surface area contributed by atoms with E-state index in [4.69, 9.17) is 0 Å². The number of carbonyl (C=O) groups is 1. The van der Waals surface area contributed by atoms with E-state index in [2.05, 4.69) is 4.74 Å². The van der Waals surface area contributed by atoms with E-state index >= 15 is 0 Å². The van der Waals surface area contributed by atoms with Gasteiger partial charge in [0.05, 0.1) is 18.4 Å². The highest BCUT2D eigenvalue weighted by molar-refractivity contribution is 7.89. The average molecular weight is 279 g/mol. The number of hydrogen-bond donors (Lipinski definition) is 1. The third-order valence-corrected chi connectivity index (χ3v) is 3.44. The van der Waals surface area contributed by atoms with Crippen LogP contribution in [-0.2, 0) is 19.6 Å². The molecule has 0 fully saturated rings. The van der Waals surface area contributed by atoms with Gasteiger partial charge in [-0.25, -0.2) is 21.9 Å². The highest BCUT2D eigenvalue weighted by Gasteiger charge is 2.16. The summed E-state index contributed by atoms with van der Waals surface area (Å²) < 4.78 is 55.3. The molecule has 8 heteroatoms. The highest BCUT2D eigenvalue weighted by atomic mass is 32.2. The summed E-state index contributed by atoms with van der Waals surface area (Å²) >= 11 is 0. The van der Waals surface area contributed by atoms with E-state index in [1.807, 2.05) is 4.72 Å². The molecule has 0 aliphatic carbocycles. The molecule has 0 spiro atoms. The van der Waals surface area contributed by atoms with Crippen molar-refractivity contribution in [1.82, 2.24) is 4.72 Å². The van der Waals surface area contributed by atoms with E-state index < -0.39 is 32.5 Å². The molecular formula is C10H11F2NO4S. The predicted octanol–water partition coefficient (Wildman–Crippen LogP) is 0.806. The van der Waals surface area contributed by atoms with E-state index in [0.717, 1.165) is 0 Å². The molecule has 0 unspecified atom stereocenters. The summed E-state index contributed by atoms with van der Waals surface area (Å²) in [6.45, 7) is -0.215. The molecule has 0 saturated carbocycles. The molecule has 0 atom stereocenters. The van der Waals surface area contributed by atoms with Crippen molar-refractivity contribution in [3.05, 3.63) is 29.8 Å². The average Bonchev–Trinajstić information content (AvgIpc) is 2.27. The van der Waals surface area contributed by atoms with Gasteiger partial charge in [-0.15, -0.1) is 0 Å². The van der Waals surface area contributed by atoms with Gasteiger partial charge in [0.15, 0.2) is 0 Å². The fourth-order valence-corrected chi connectivity index (χ4v) is 2.23. The molecule has 0 amide bonds. The van der Waals surface area contributed by atoms with Gasteiger partial charge in [0.1, 0.15) is 11.6 Å². The molecule has 0 aliphatic rings. The van der Waals surface area contributed by atoms with Gasteiger partial charge < -0.3 is 4.74 Å². The second-order valence-corrected chi connectivity index (χ2v) is 5.10. The molecule has 100 valence electrons. The molecular weight excluding hydrogens is 268 g/mol. The minimum absolute atomic E-state index is 0.173. The Labute approximate surface area is 103 Å². The Balaban J connectivity index is 2.77. The second kappa shape index (κ2) is 5.87. The lowest BCUT2D eigenvalue weighted by Crippen LogP contribution is -2.26. The van der Waals surface area contributed by atoms with E-state index in [0.29, 0.717) is 18.2 Å². The molecule has 1 aromatic carbocycles. The Hall–Kier alpha value is -1.54. The largest absolute Gasteiger partial charge is 0.469 e. The van der Waals surface area contributed by atoms with Crippen molar-refractivity contribution in [2.45, 2.75) is 11.3 Å². The quantitative estimate of drug-likeness (QED) is 0.809. The summed E-state index contributed by atoms with van der Waals surface area (Å²) in [5.74, 6) is -2.59. The van der Waals surface area contributed by atoms with Crippen LogP contribution >= 0.6 is 0 Å². The molecule has 5 nitrogen and oxygen atoms in total. The normalized spacial score (nSPS) is 11.3.